The van der Waals surface area contributed by atoms with Crippen LogP contribution in [0.25, 0.3) is 0 Å². The van der Waals surface area contributed by atoms with Crippen molar-refractivity contribution in [2.45, 2.75) is 16.7 Å². The van der Waals surface area contributed by atoms with Gasteiger partial charge in [-0.2, -0.15) is 0 Å². The molecular formula is C29H29N3O7S2. The van der Waals surface area contributed by atoms with Crippen molar-refractivity contribution in [2.75, 3.05) is 35.1 Å². The summed E-state index contributed by atoms with van der Waals surface area (Å²) >= 11 is 0. The topological polar surface area (TPSA) is 131 Å². The van der Waals surface area contributed by atoms with Crippen LogP contribution in [-0.2, 0) is 24.8 Å². The molecule has 0 saturated carbocycles. The highest BCUT2D eigenvalue weighted by Crippen LogP contribution is 2.26. The van der Waals surface area contributed by atoms with Crippen LogP contribution in [0, 0.1) is 6.92 Å². The summed E-state index contributed by atoms with van der Waals surface area (Å²) < 4.78 is 66.4. The lowest BCUT2D eigenvalue weighted by Gasteiger charge is -2.24. The number of amides is 1. The lowest BCUT2D eigenvalue weighted by Crippen LogP contribution is -2.38. The molecule has 4 rings (SSSR count). The van der Waals surface area contributed by atoms with Crippen molar-refractivity contribution in [3.8, 4) is 11.5 Å². The summed E-state index contributed by atoms with van der Waals surface area (Å²) in [4.78, 5) is 13.1. The number of nitrogens with one attached hydrogen (secondary N) is 2. The van der Waals surface area contributed by atoms with Crippen molar-refractivity contribution in [2.24, 2.45) is 0 Å². The number of anilines is 3. The molecule has 0 saturated heterocycles. The predicted molar refractivity (Wildman–Crippen MR) is 158 cm³/mol. The van der Waals surface area contributed by atoms with Crippen molar-refractivity contribution in [1.29, 1.82) is 0 Å². The molecule has 41 heavy (non-hydrogen) atoms. The van der Waals surface area contributed by atoms with Crippen LogP contribution in [0.3, 0.4) is 0 Å². The lowest BCUT2D eigenvalue weighted by molar-refractivity contribution is -0.114. The lowest BCUT2D eigenvalue weighted by atomic mass is 10.2. The SMILES string of the molecule is COc1ccc(NS(=O)(=O)c2ccc(NC(=O)CN(c3ccc(OC)cc3)S(=O)(=O)c3ccc(C)cc3)cc2)cc1. The van der Waals surface area contributed by atoms with E-state index in [-0.39, 0.29) is 15.5 Å². The quantitative estimate of drug-likeness (QED) is 0.258. The van der Waals surface area contributed by atoms with Gasteiger partial charge < -0.3 is 14.8 Å². The number of aryl methyl sites for hydroxylation is 1. The number of ether oxygens (including phenoxy) is 2. The smallest absolute Gasteiger partial charge is 0.264 e. The van der Waals surface area contributed by atoms with Gasteiger partial charge in [-0.3, -0.25) is 13.8 Å². The maximum atomic E-state index is 13.6. The van der Waals surface area contributed by atoms with Gasteiger partial charge in [0, 0.05) is 11.4 Å². The Labute approximate surface area is 239 Å². The maximum Gasteiger partial charge on any atom is 0.264 e. The summed E-state index contributed by atoms with van der Waals surface area (Å²) in [7, 11) is -4.99. The minimum absolute atomic E-state index is 0.0203. The fourth-order valence-electron chi connectivity index (χ4n) is 3.82. The van der Waals surface area contributed by atoms with Crippen molar-refractivity contribution in [3.63, 3.8) is 0 Å². The second-order valence-electron chi connectivity index (χ2n) is 8.93. The number of sulfonamides is 2. The van der Waals surface area contributed by atoms with E-state index < -0.39 is 32.5 Å². The van der Waals surface area contributed by atoms with E-state index in [0.29, 0.717) is 22.9 Å². The van der Waals surface area contributed by atoms with Crippen LogP contribution in [0.1, 0.15) is 5.56 Å². The summed E-state index contributed by atoms with van der Waals surface area (Å²) in [6.45, 7) is 1.32. The molecule has 12 heteroatoms. The molecule has 4 aromatic carbocycles. The van der Waals surface area contributed by atoms with Gasteiger partial charge in [-0.15, -0.1) is 0 Å². The molecule has 0 spiro atoms. The van der Waals surface area contributed by atoms with Crippen molar-refractivity contribution in [3.05, 3.63) is 103 Å². The van der Waals surface area contributed by atoms with E-state index in [4.69, 9.17) is 9.47 Å². The molecule has 0 aliphatic heterocycles. The zero-order valence-corrected chi connectivity index (χ0v) is 24.2. The van der Waals surface area contributed by atoms with Crippen LogP contribution in [0.2, 0.25) is 0 Å². The van der Waals surface area contributed by atoms with Gasteiger partial charge in [0.1, 0.15) is 18.0 Å². The molecule has 0 aromatic heterocycles. The van der Waals surface area contributed by atoms with Crippen LogP contribution in [0.4, 0.5) is 17.1 Å². The van der Waals surface area contributed by atoms with Crippen LogP contribution >= 0.6 is 0 Å². The highest BCUT2D eigenvalue weighted by molar-refractivity contribution is 7.93. The third-order valence-corrected chi connectivity index (χ3v) is 9.23. The zero-order valence-electron chi connectivity index (χ0n) is 22.6. The van der Waals surface area contributed by atoms with Gasteiger partial charge >= 0.3 is 0 Å². The van der Waals surface area contributed by atoms with E-state index in [1.165, 1.54) is 50.6 Å². The third kappa shape index (κ3) is 7.16. The summed E-state index contributed by atoms with van der Waals surface area (Å²) in [6.07, 6.45) is 0. The molecule has 0 aliphatic rings. The molecule has 214 valence electrons. The number of rotatable bonds is 11. The average molecular weight is 596 g/mol. The molecule has 0 bridgehead atoms. The van der Waals surface area contributed by atoms with E-state index in [9.17, 15) is 21.6 Å². The predicted octanol–water partition coefficient (Wildman–Crippen LogP) is 4.65. The fourth-order valence-corrected chi connectivity index (χ4v) is 6.30. The zero-order chi connectivity index (χ0) is 29.6. The van der Waals surface area contributed by atoms with E-state index in [0.717, 1.165) is 9.87 Å². The molecule has 4 aromatic rings. The molecule has 0 unspecified atom stereocenters. The molecule has 10 nitrogen and oxygen atoms in total. The second kappa shape index (κ2) is 12.3. The van der Waals surface area contributed by atoms with Gasteiger partial charge in [0.15, 0.2) is 0 Å². The normalized spacial score (nSPS) is 11.4. The van der Waals surface area contributed by atoms with Crippen LogP contribution < -0.4 is 23.8 Å². The van der Waals surface area contributed by atoms with Gasteiger partial charge in [0.2, 0.25) is 5.91 Å². The first-order valence-electron chi connectivity index (χ1n) is 12.3. The Morgan fingerprint density at radius 3 is 1.71 bits per heavy atom. The molecule has 0 aliphatic carbocycles. The number of hydrogen-bond donors (Lipinski definition) is 2. The monoisotopic (exact) mass is 595 g/mol. The van der Waals surface area contributed by atoms with Gasteiger partial charge in [-0.25, -0.2) is 16.8 Å². The number of carbonyl (C=O) groups is 1. The van der Waals surface area contributed by atoms with Crippen molar-refractivity contribution < 1.29 is 31.1 Å². The first-order valence-corrected chi connectivity index (χ1v) is 15.2. The Bertz CT molecular complexity index is 1710. The van der Waals surface area contributed by atoms with E-state index in [1.54, 1.807) is 60.7 Å². The Kier molecular flexibility index (Phi) is 8.84. The number of hydrogen-bond acceptors (Lipinski definition) is 7. The van der Waals surface area contributed by atoms with Gasteiger partial charge in [-0.05, 0) is 91.9 Å². The van der Waals surface area contributed by atoms with Gasteiger partial charge in [0.25, 0.3) is 20.0 Å². The Hall–Kier alpha value is -4.55. The van der Waals surface area contributed by atoms with E-state index >= 15 is 0 Å². The number of benzene rings is 4. The summed E-state index contributed by atoms with van der Waals surface area (Å²) in [6, 6.07) is 24.6. The van der Waals surface area contributed by atoms with Gasteiger partial charge in [0.05, 0.1) is 29.7 Å². The average Bonchev–Trinajstić information content (AvgIpc) is 2.96. The number of methoxy groups -OCH3 is 2. The van der Waals surface area contributed by atoms with Crippen molar-refractivity contribution in [1.82, 2.24) is 0 Å². The largest absolute Gasteiger partial charge is 0.497 e. The van der Waals surface area contributed by atoms with Crippen LogP contribution in [0.15, 0.2) is 107 Å². The molecule has 0 fully saturated rings. The first kappa shape index (κ1) is 29.4. The maximum absolute atomic E-state index is 13.6. The Balaban J connectivity index is 1.51. The minimum Gasteiger partial charge on any atom is -0.497 e. The molecule has 2 N–H and O–H groups in total. The molecular weight excluding hydrogens is 566 g/mol. The fraction of sp³-hybridized carbons (Fsp3) is 0.138. The summed E-state index contributed by atoms with van der Waals surface area (Å²) in [5, 5.41) is 2.64. The highest BCUT2D eigenvalue weighted by Gasteiger charge is 2.27. The minimum atomic E-state index is -4.10. The van der Waals surface area contributed by atoms with Gasteiger partial charge in [-0.1, -0.05) is 17.7 Å². The Morgan fingerprint density at radius 1 is 0.683 bits per heavy atom. The van der Waals surface area contributed by atoms with E-state index in [1.807, 2.05) is 6.92 Å². The number of nitrogens with zero attached hydrogens (tertiary/aromatic N) is 1. The first-order chi connectivity index (χ1) is 19.5. The molecule has 1 amide bonds. The molecule has 0 heterocycles. The second-order valence-corrected chi connectivity index (χ2v) is 12.5. The molecule has 0 atom stereocenters. The van der Waals surface area contributed by atoms with E-state index in [2.05, 4.69) is 10.0 Å². The van der Waals surface area contributed by atoms with Crippen molar-refractivity contribution >= 4 is 43.0 Å². The van der Waals surface area contributed by atoms with Crippen LogP contribution in [0.5, 0.6) is 11.5 Å². The molecule has 0 radical (unpaired) electrons. The summed E-state index contributed by atoms with van der Waals surface area (Å²) in [5.74, 6) is 0.496. The Morgan fingerprint density at radius 2 is 1.17 bits per heavy atom. The van der Waals surface area contributed by atoms with Crippen LogP contribution in [-0.4, -0.2) is 43.5 Å². The summed E-state index contributed by atoms with van der Waals surface area (Å²) in [5.41, 5.74) is 1.81. The highest BCUT2D eigenvalue weighted by atomic mass is 32.2. The third-order valence-electron chi connectivity index (χ3n) is 6.05. The standard InChI is InChI=1S/C29H29N3O7S2/c1-21-4-16-28(17-5-21)41(36,37)32(24-10-14-26(39-3)15-11-24)20-29(33)30-22-8-18-27(19-9-22)40(34,35)31-23-6-12-25(38-2)13-7-23/h4-19,31H,20H2,1-3H3,(H,30,33). The number of carbonyl (C=O) groups excluding carboxylic acids is 1.